The lowest BCUT2D eigenvalue weighted by atomic mass is 10.0. The molecule has 0 amide bonds. The van der Waals surface area contributed by atoms with Crippen molar-refractivity contribution in [2.45, 2.75) is 26.8 Å². The average molecular weight is 491 g/mol. The zero-order valence-electron chi connectivity index (χ0n) is 21.9. The summed E-state index contributed by atoms with van der Waals surface area (Å²) in [5.74, 6) is 0. The first-order valence-electron chi connectivity index (χ1n) is 13.0. The van der Waals surface area contributed by atoms with E-state index < -0.39 is 0 Å². The van der Waals surface area contributed by atoms with E-state index in [1.54, 1.807) is 6.20 Å². The normalized spacial score (nSPS) is 14.9. The molecule has 2 aromatic carbocycles. The van der Waals surface area contributed by atoms with Crippen LogP contribution in [0.1, 0.15) is 40.4 Å². The Morgan fingerprint density at radius 1 is 1.05 bits per heavy atom. The maximum atomic E-state index is 9.89. The molecule has 6 heteroatoms. The van der Waals surface area contributed by atoms with E-state index in [-0.39, 0.29) is 0 Å². The van der Waals surface area contributed by atoms with Crippen molar-refractivity contribution < 1.29 is 0 Å². The molecule has 0 saturated carbocycles. The van der Waals surface area contributed by atoms with Crippen molar-refractivity contribution in [1.82, 2.24) is 19.8 Å². The highest BCUT2D eigenvalue weighted by Gasteiger charge is 2.15. The fraction of sp³-hybridized carbons (Fsp3) is 0.290. The second-order valence-corrected chi connectivity index (χ2v) is 9.83. The second-order valence-electron chi connectivity index (χ2n) is 9.83. The van der Waals surface area contributed by atoms with E-state index >= 15 is 0 Å². The standard InChI is InChI=1S/C31H34N6/c1-4-28-27(10-9-23-5-7-24(8-6-23)21-37-17-15-36(3)16-18-37)31(25(19-32)20-34-28)35-29-11-12-30-26(22(29)2)13-14-33-30/h5-14,20,33H,4,15-18,21H2,1-3H3,(H,34,35)/b10-9+. The number of likely N-dealkylation sites (N-methyl/N-ethyl adjacent to an activating group) is 1. The molecule has 0 unspecified atom stereocenters. The molecule has 0 bridgehead atoms. The molecule has 1 aliphatic rings. The van der Waals surface area contributed by atoms with Crippen molar-refractivity contribution >= 4 is 34.4 Å². The smallest absolute Gasteiger partial charge is 0.103 e. The summed E-state index contributed by atoms with van der Waals surface area (Å²) in [6.45, 7) is 9.69. The van der Waals surface area contributed by atoms with Gasteiger partial charge in [0.25, 0.3) is 0 Å². The molecule has 0 aliphatic carbocycles. The zero-order chi connectivity index (χ0) is 25.8. The number of aryl methyl sites for hydroxylation is 2. The van der Waals surface area contributed by atoms with Crippen molar-refractivity contribution in [3.8, 4) is 6.07 Å². The van der Waals surface area contributed by atoms with Crippen molar-refractivity contribution in [3.05, 3.63) is 88.4 Å². The van der Waals surface area contributed by atoms with Gasteiger partial charge in [0.15, 0.2) is 0 Å². The third-order valence-electron chi connectivity index (χ3n) is 7.34. The monoisotopic (exact) mass is 490 g/mol. The minimum atomic E-state index is 0.535. The molecule has 188 valence electrons. The molecule has 3 heterocycles. The molecule has 4 aromatic rings. The van der Waals surface area contributed by atoms with E-state index in [0.29, 0.717) is 5.56 Å². The van der Waals surface area contributed by atoms with Gasteiger partial charge in [-0.2, -0.15) is 5.26 Å². The number of aromatic amines is 1. The molecule has 2 aromatic heterocycles. The first-order valence-corrected chi connectivity index (χ1v) is 13.0. The van der Waals surface area contributed by atoms with E-state index in [2.05, 4.69) is 107 Å². The SMILES string of the molecule is CCc1ncc(C#N)c(Nc2ccc3[nH]ccc3c2C)c1/C=C/c1ccc(CN2CCN(C)CC2)cc1. The third kappa shape index (κ3) is 5.43. The molecule has 0 radical (unpaired) electrons. The molecule has 0 atom stereocenters. The van der Waals surface area contributed by atoms with Crippen molar-refractivity contribution in [2.75, 3.05) is 38.5 Å². The number of hydrogen-bond donors (Lipinski definition) is 2. The van der Waals surface area contributed by atoms with Crippen LogP contribution >= 0.6 is 0 Å². The Kier molecular flexibility index (Phi) is 7.36. The molecule has 0 spiro atoms. The summed E-state index contributed by atoms with van der Waals surface area (Å²) in [5, 5.41) is 14.6. The van der Waals surface area contributed by atoms with Gasteiger partial charge < -0.3 is 15.2 Å². The summed E-state index contributed by atoms with van der Waals surface area (Å²) in [6.07, 6.45) is 8.61. The highest BCUT2D eigenvalue weighted by atomic mass is 15.2. The number of H-pyrrole nitrogens is 1. The van der Waals surface area contributed by atoms with Gasteiger partial charge >= 0.3 is 0 Å². The fourth-order valence-corrected chi connectivity index (χ4v) is 4.98. The van der Waals surface area contributed by atoms with Crippen molar-refractivity contribution in [3.63, 3.8) is 0 Å². The largest absolute Gasteiger partial charge is 0.361 e. The lowest BCUT2D eigenvalue weighted by Gasteiger charge is -2.32. The summed E-state index contributed by atoms with van der Waals surface area (Å²) in [7, 11) is 2.19. The molecular weight excluding hydrogens is 456 g/mol. The van der Waals surface area contributed by atoms with E-state index in [1.807, 2.05) is 6.20 Å². The minimum absolute atomic E-state index is 0.535. The number of fused-ring (bicyclic) bond motifs is 1. The second kappa shape index (κ2) is 11.0. The van der Waals surface area contributed by atoms with Crippen LogP contribution in [0.3, 0.4) is 0 Å². The number of aromatic nitrogens is 2. The number of benzene rings is 2. The quantitative estimate of drug-likeness (QED) is 0.334. The number of anilines is 2. The maximum Gasteiger partial charge on any atom is 0.103 e. The van der Waals surface area contributed by atoms with Crippen LogP contribution in [0.4, 0.5) is 11.4 Å². The third-order valence-corrected chi connectivity index (χ3v) is 7.34. The van der Waals surface area contributed by atoms with Crippen LogP contribution < -0.4 is 5.32 Å². The Hall–Kier alpha value is -3.92. The first-order chi connectivity index (χ1) is 18.1. The molecule has 1 saturated heterocycles. The summed E-state index contributed by atoms with van der Waals surface area (Å²) >= 11 is 0. The molecule has 5 rings (SSSR count). The molecule has 6 nitrogen and oxygen atoms in total. The van der Waals surface area contributed by atoms with E-state index in [0.717, 1.165) is 78.4 Å². The van der Waals surface area contributed by atoms with Crippen LogP contribution in [-0.2, 0) is 13.0 Å². The predicted octanol–water partition coefficient (Wildman–Crippen LogP) is 5.97. The number of nitrogens with zero attached hydrogens (tertiary/aromatic N) is 4. The van der Waals surface area contributed by atoms with Crippen LogP contribution in [0.25, 0.3) is 23.1 Å². The zero-order valence-corrected chi connectivity index (χ0v) is 21.9. The molecule has 1 fully saturated rings. The summed E-state index contributed by atoms with van der Waals surface area (Å²) < 4.78 is 0. The van der Waals surface area contributed by atoms with Gasteiger partial charge in [-0.1, -0.05) is 43.3 Å². The fourth-order valence-electron chi connectivity index (χ4n) is 4.98. The number of nitriles is 1. The van der Waals surface area contributed by atoms with E-state index in [9.17, 15) is 5.26 Å². The highest BCUT2D eigenvalue weighted by Crippen LogP contribution is 2.32. The lowest BCUT2D eigenvalue weighted by molar-refractivity contribution is 0.148. The summed E-state index contributed by atoms with van der Waals surface area (Å²) in [6, 6.07) is 17.3. The maximum absolute atomic E-state index is 9.89. The van der Waals surface area contributed by atoms with Crippen LogP contribution in [0.15, 0.2) is 54.9 Å². The molecule has 37 heavy (non-hydrogen) atoms. The van der Waals surface area contributed by atoms with Gasteiger partial charge in [-0.3, -0.25) is 9.88 Å². The van der Waals surface area contributed by atoms with Gasteiger partial charge in [-0.15, -0.1) is 0 Å². The Balaban J connectivity index is 1.41. The number of rotatable bonds is 7. The van der Waals surface area contributed by atoms with Gasteiger partial charge in [0, 0.05) is 73.0 Å². The van der Waals surface area contributed by atoms with Crippen LogP contribution in [-0.4, -0.2) is 53.0 Å². The van der Waals surface area contributed by atoms with Gasteiger partial charge in [-0.25, -0.2) is 0 Å². The lowest BCUT2D eigenvalue weighted by Crippen LogP contribution is -2.43. The van der Waals surface area contributed by atoms with E-state index in [1.165, 1.54) is 10.9 Å². The van der Waals surface area contributed by atoms with Crippen LogP contribution in [0.5, 0.6) is 0 Å². The van der Waals surface area contributed by atoms with Gasteiger partial charge in [-0.05, 0) is 55.3 Å². The number of hydrogen-bond acceptors (Lipinski definition) is 5. The van der Waals surface area contributed by atoms with Crippen LogP contribution in [0.2, 0.25) is 0 Å². The molecule has 1 aliphatic heterocycles. The van der Waals surface area contributed by atoms with Gasteiger partial charge in [0.1, 0.15) is 6.07 Å². The number of pyridine rings is 1. The van der Waals surface area contributed by atoms with E-state index in [4.69, 9.17) is 0 Å². The minimum Gasteiger partial charge on any atom is -0.361 e. The van der Waals surface area contributed by atoms with Crippen LogP contribution in [0, 0.1) is 18.3 Å². The van der Waals surface area contributed by atoms with Crippen molar-refractivity contribution in [1.29, 1.82) is 5.26 Å². The molecular formula is C31H34N6. The molecule has 2 N–H and O–H groups in total. The Bertz CT molecular complexity index is 1450. The first kappa shape index (κ1) is 24.8. The Labute approximate surface area is 219 Å². The van der Waals surface area contributed by atoms with Gasteiger partial charge in [0.05, 0.1) is 11.3 Å². The summed E-state index contributed by atoms with van der Waals surface area (Å²) in [5.41, 5.74) is 8.95. The predicted molar refractivity (Wildman–Crippen MR) is 153 cm³/mol. The Morgan fingerprint density at radius 3 is 2.57 bits per heavy atom. The average Bonchev–Trinajstić information content (AvgIpc) is 3.41. The highest BCUT2D eigenvalue weighted by molar-refractivity contribution is 5.90. The van der Waals surface area contributed by atoms with Crippen molar-refractivity contribution in [2.24, 2.45) is 0 Å². The summed E-state index contributed by atoms with van der Waals surface area (Å²) in [4.78, 5) is 12.8. The Morgan fingerprint density at radius 2 is 1.84 bits per heavy atom. The van der Waals surface area contributed by atoms with Gasteiger partial charge in [0.2, 0.25) is 0 Å². The number of piperazine rings is 1. The topological polar surface area (TPSA) is 71.0 Å². The number of nitrogens with one attached hydrogen (secondary N) is 2.